The Bertz CT molecular complexity index is 911. The molecular formula is C21H29N3O6. The maximum atomic E-state index is 11.4. The van der Waals surface area contributed by atoms with Crippen LogP contribution in [0.15, 0.2) is 0 Å². The van der Waals surface area contributed by atoms with Crippen LogP contribution in [0.5, 0.6) is 17.2 Å². The molecule has 0 aliphatic carbocycles. The Morgan fingerprint density at radius 2 is 1.93 bits per heavy atom. The summed E-state index contributed by atoms with van der Waals surface area (Å²) in [6, 6.07) is -0.958. The molecule has 30 heavy (non-hydrogen) atoms. The lowest BCUT2D eigenvalue weighted by Crippen LogP contribution is -2.72. The fourth-order valence-corrected chi connectivity index (χ4v) is 7.30. The Morgan fingerprint density at radius 1 is 1.17 bits per heavy atom. The highest BCUT2D eigenvalue weighted by Crippen LogP contribution is 2.62. The fourth-order valence-electron chi connectivity index (χ4n) is 7.30. The number of hydrogen-bond donors (Lipinski definition) is 4. The predicted octanol–water partition coefficient (Wildman–Crippen LogP) is -0.134. The minimum Gasteiger partial charge on any atom is -0.507 e. The van der Waals surface area contributed by atoms with E-state index in [1.54, 1.807) is 6.92 Å². The minimum atomic E-state index is -0.789. The van der Waals surface area contributed by atoms with Crippen molar-refractivity contribution >= 4 is 0 Å². The van der Waals surface area contributed by atoms with E-state index in [0.717, 1.165) is 13.0 Å². The molecule has 0 radical (unpaired) electrons. The van der Waals surface area contributed by atoms with Gasteiger partial charge in [0.2, 0.25) is 0 Å². The number of piperazine rings is 1. The molecule has 5 aliphatic heterocycles. The highest BCUT2D eigenvalue weighted by atomic mass is 16.5. The number of nitrogens with zero attached hydrogens (tertiary/aromatic N) is 3. The SMILES string of the molecule is COc1c(C)c(O)c2c(c1O)[C@@H](CO)N1[C@H]3[C@@H]4[C@@H](C[C@H]([C@H]1O)N4C)[C@@H]1OCCN1[C@@H]23. The van der Waals surface area contributed by atoms with E-state index in [1.165, 1.54) is 7.11 Å². The Morgan fingerprint density at radius 3 is 2.63 bits per heavy atom. The van der Waals surface area contributed by atoms with E-state index in [-0.39, 0.29) is 60.2 Å². The summed E-state index contributed by atoms with van der Waals surface area (Å²) in [5.74, 6) is 0.471. The zero-order chi connectivity index (χ0) is 21.1. The van der Waals surface area contributed by atoms with E-state index >= 15 is 0 Å². The standard InChI is InChI=1S/C21H29N3O6/c1-8-17(26)13-12(18(27)19(8)29-3)11(7-25)24-16-14-9(6-10(20(24)28)22(14)2)21-23(15(13)16)4-5-30-21/h9-11,14-16,20-21,25-28H,4-7H2,1-3H3/t9-,10-,11-,14+,15+,16+,20-,21+/m1/s1. The topological polar surface area (TPSA) is 109 Å². The van der Waals surface area contributed by atoms with Crippen molar-refractivity contribution < 1.29 is 29.9 Å². The number of phenolic OH excluding ortho intramolecular Hbond substituents is 2. The number of ether oxygens (including phenoxy) is 2. The summed E-state index contributed by atoms with van der Waals surface area (Å²) >= 11 is 0. The van der Waals surface area contributed by atoms with Crippen LogP contribution in [0, 0.1) is 12.8 Å². The number of aliphatic hydroxyl groups excluding tert-OH is 2. The molecule has 5 aliphatic rings. The summed E-state index contributed by atoms with van der Waals surface area (Å²) in [4.78, 5) is 6.52. The lowest BCUT2D eigenvalue weighted by Gasteiger charge is -2.61. The first-order valence-electron chi connectivity index (χ1n) is 10.7. The number of aromatic hydroxyl groups is 2. The zero-order valence-electron chi connectivity index (χ0n) is 17.4. The van der Waals surface area contributed by atoms with Gasteiger partial charge in [-0.1, -0.05) is 0 Å². The summed E-state index contributed by atoms with van der Waals surface area (Å²) in [6.07, 6.45) is -0.0564. The quantitative estimate of drug-likeness (QED) is 0.487. The highest BCUT2D eigenvalue weighted by molar-refractivity contribution is 5.65. The van der Waals surface area contributed by atoms with Crippen LogP contribution in [0.1, 0.15) is 35.2 Å². The highest BCUT2D eigenvalue weighted by Gasteiger charge is 2.67. The maximum absolute atomic E-state index is 11.4. The summed E-state index contributed by atoms with van der Waals surface area (Å²) in [6.45, 7) is 2.79. The van der Waals surface area contributed by atoms with Crippen molar-refractivity contribution in [1.82, 2.24) is 14.7 Å². The van der Waals surface area contributed by atoms with Crippen molar-refractivity contribution in [1.29, 1.82) is 0 Å². The van der Waals surface area contributed by atoms with E-state index in [1.807, 2.05) is 4.90 Å². The fraction of sp³-hybridized carbons (Fsp3) is 0.714. The second-order valence-corrected chi connectivity index (χ2v) is 9.30. The second-order valence-electron chi connectivity index (χ2n) is 9.30. The molecule has 0 aromatic heterocycles. The number of aliphatic hydroxyl groups is 2. The molecular weight excluding hydrogens is 390 g/mol. The molecule has 4 fully saturated rings. The van der Waals surface area contributed by atoms with Gasteiger partial charge in [-0.3, -0.25) is 14.7 Å². The first-order valence-corrected chi connectivity index (χ1v) is 10.7. The molecule has 0 spiro atoms. The largest absolute Gasteiger partial charge is 0.507 e. The molecule has 2 bridgehead atoms. The second kappa shape index (κ2) is 6.21. The van der Waals surface area contributed by atoms with Gasteiger partial charge in [-0.2, -0.15) is 0 Å². The summed E-state index contributed by atoms with van der Waals surface area (Å²) in [7, 11) is 3.51. The third-order valence-electron chi connectivity index (χ3n) is 8.38. The van der Waals surface area contributed by atoms with Gasteiger partial charge < -0.3 is 29.9 Å². The number of likely N-dealkylation sites (N-methyl/N-ethyl adjacent to an activating group) is 1. The van der Waals surface area contributed by atoms with Gasteiger partial charge in [0.25, 0.3) is 0 Å². The lowest BCUT2D eigenvalue weighted by atomic mass is 9.73. The molecule has 8 atom stereocenters. The van der Waals surface area contributed by atoms with Crippen LogP contribution in [0.3, 0.4) is 0 Å². The van der Waals surface area contributed by atoms with Gasteiger partial charge in [0.1, 0.15) is 18.2 Å². The van der Waals surface area contributed by atoms with E-state index in [2.05, 4.69) is 16.8 Å². The molecule has 164 valence electrons. The number of fused-ring (bicyclic) bond motifs is 6. The van der Waals surface area contributed by atoms with E-state index in [4.69, 9.17) is 9.47 Å². The molecule has 1 aromatic carbocycles. The van der Waals surface area contributed by atoms with Crippen LogP contribution in [0.25, 0.3) is 0 Å². The van der Waals surface area contributed by atoms with Crippen LogP contribution in [0.2, 0.25) is 0 Å². The predicted molar refractivity (Wildman–Crippen MR) is 105 cm³/mol. The van der Waals surface area contributed by atoms with Gasteiger partial charge in [0, 0.05) is 47.3 Å². The van der Waals surface area contributed by atoms with Gasteiger partial charge in [-0.05, 0) is 20.4 Å². The number of piperidine rings is 1. The number of rotatable bonds is 2. The molecule has 0 unspecified atom stereocenters. The van der Waals surface area contributed by atoms with Crippen LogP contribution in [-0.4, -0.2) is 99.6 Å². The van der Waals surface area contributed by atoms with Gasteiger partial charge >= 0.3 is 0 Å². The number of phenols is 2. The molecule has 5 heterocycles. The van der Waals surface area contributed by atoms with Crippen molar-refractivity contribution in [3.8, 4) is 17.2 Å². The Labute approximate surface area is 175 Å². The van der Waals surface area contributed by atoms with Crippen molar-refractivity contribution in [2.24, 2.45) is 5.92 Å². The van der Waals surface area contributed by atoms with Crippen molar-refractivity contribution in [2.75, 3.05) is 33.9 Å². The van der Waals surface area contributed by atoms with Crippen LogP contribution in [0.4, 0.5) is 0 Å². The van der Waals surface area contributed by atoms with Crippen molar-refractivity contribution in [2.45, 2.75) is 56.0 Å². The molecule has 4 N–H and O–H groups in total. The average molecular weight is 419 g/mol. The third kappa shape index (κ3) is 1.99. The van der Waals surface area contributed by atoms with Crippen LogP contribution in [-0.2, 0) is 4.74 Å². The van der Waals surface area contributed by atoms with Crippen molar-refractivity contribution in [3.63, 3.8) is 0 Å². The zero-order valence-corrected chi connectivity index (χ0v) is 17.4. The Balaban J connectivity index is 1.67. The molecule has 1 aromatic rings. The van der Waals surface area contributed by atoms with Crippen molar-refractivity contribution in [3.05, 3.63) is 16.7 Å². The molecule has 0 amide bonds. The van der Waals surface area contributed by atoms with E-state index in [0.29, 0.717) is 23.3 Å². The first-order chi connectivity index (χ1) is 14.4. The Hall–Kier alpha value is -1.62. The number of hydrogen-bond acceptors (Lipinski definition) is 9. The molecule has 9 heteroatoms. The van der Waals surface area contributed by atoms with E-state index < -0.39 is 12.3 Å². The normalized spacial score (nSPS) is 42.3. The van der Waals surface area contributed by atoms with Crippen LogP contribution >= 0.6 is 0 Å². The monoisotopic (exact) mass is 419 g/mol. The first kappa shape index (κ1) is 19.1. The number of methoxy groups -OCH3 is 1. The van der Waals surface area contributed by atoms with Gasteiger partial charge in [-0.15, -0.1) is 0 Å². The summed E-state index contributed by atoms with van der Waals surface area (Å²) in [5.41, 5.74) is 1.56. The third-order valence-corrected chi connectivity index (χ3v) is 8.38. The molecule has 9 nitrogen and oxygen atoms in total. The molecule has 0 saturated carbocycles. The minimum absolute atomic E-state index is 0.0697. The van der Waals surface area contributed by atoms with E-state index in [9.17, 15) is 20.4 Å². The summed E-state index contributed by atoms with van der Waals surface area (Å²) < 4.78 is 11.6. The number of benzene rings is 1. The molecule has 4 saturated heterocycles. The summed E-state index contributed by atoms with van der Waals surface area (Å²) in [5, 5.41) is 44.3. The van der Waals surface area contributed by atoms with Crippen LogP contribution < -0.4 is 4.74 Å². The van der Waals surface area contributed by atoms with Gasteiger partial charge in [-0.25, -0.2) is 0 Å². The average Bonchev–Trinajstić information content (AvgIpc) is 3.32. The Kier molecular flexibility index (Phi) is 3.95. The molecule has 6 rings (SSSR count). The lowest BCUT2D eigenvalue weighted by molar-refractivity contribution is -0.199. The van der Waals surface area contributed by atoms with Gasteiger partial charge in [0.15, 0.2) is 11.5 Å². The maximum Gasteiger partial charge on any atom is 0.167 e. The van der Waals surface area contributed by atoms with Gasteiger partial charge in [0.05, 0.1) is 32.4 Å². The smallest absolute Gasteiger partial charge is 0.167 e.